The number of carboxylic acid groups (broad SMARTS) is 1. The first-order valence-electron chi connectivity index (χ1n) is 10.8. The third kappa shape index (κ3) is 5.98. The summed E-state index contributed by atoms with van der Waals surface area (Å²) >= 11 is 0. The Morgan fingerprint density at radius 2 is 2.10 bits per heavy atom. The van der Waals surface area contributed by atoms with Gasteiger partial charge < -0.3 is 30.7 Å². The van der Waals surface area contributed by atoms with Gasteiger partial charge in [0.2, 0.25) is 0 Å². The van der Waals surface area contributed by atoms with Crippen molar-refractivity contribution in [1.82, 2.24) is 20.9 Å². The van der Waals surface area contributed by atoms with Crippen LogP contribution in [0.25, 0.3) is 0 Å². The highest BCUT2D eigenvalue weighted by molar-refractivity contribution is 6.46. The molecule has 5 N–H and O–H groups in total. The van der Waals surface area contributed by atoms with Gasteiger partial charge in [0.1, 0.15) is 5.75 Å². The van der Waals surface area contributed by atoms with Crippen molar-refractivity contribution in [2.75, 3.05) is 39.3 Å². The average Bonchev–Trinajstić information content (AvgIpc) is 2.72. The molecule has 0 bridgehead atoms. The number of carboxylic acids is 1. The maximum atomic E-state index is 11.4. The van der Waals surface area contributed by atoms with Crippen molar-refractivity contribution in [2.24, 2.45) is 0 Å². The van der Waals surface area contributed by atoms with E-state index in [-0.39, 0.29) is 17.3 Å². The molecule has 1 atom stereocenters. The minimum Gasteiger partial charge on any atom is -0.534 e. The van der Waals surface area contributed by atoms with E-state index in [0.717, 1.165) is 63.4 Å². The molecule has 0 radical (unpaired) electrons. The minimum atomic E-state index is -1.12. The topological polar surface area (TPSA) is 106 Å². The van der Waals surface area contributed by atoms with Crippen LogP contribution in [0.5, 0.6) is 5.75 Å². The number of para-hydroxylation sites is 1. The number of likely N-dealkylation sites (tertiary alicyclic amines) is 1. The normalized spacial score (nSPS) is 19.8. The molecule has 1 aromatic carbocycles. The van der Waals surface area contributed by atoms with E-state index in [9.17, 15) is 14.9 Å². The molecule has 2 aliphatic rings. The van der Waals surface area contributed by atoms with Crippen molar-refractivity contribution in [3.63, 3.8) is 0 Å². The second kappa shape index (κ2) is 10.8. The Morgan fingerprint density at radius 1 is 1.33 bits per heavy atom. The summed E-state index contributed by atoms with van der Waals surface area (Å²) in [6.07, 6.45) is 2.70. The lowest BCUT2D eigenvalue weighted by molar-refractivity contribution is 0.0694. The zero-order valence-corrected chi connectivity index (χ0v) is 17.7. The van der Waals surface area contributed by atoms with E-state index >= 15 is 0 Å². The quantitative estimate of drug-likeness (QED) is 0.277. The first-order chi connectivity index (χ1) is 14.5. The van der Waals surface area contributed by atoms with Gasteiger partial charge in [-0.05, 0) is 37.4 Å². The SMILES string of the molecule is C=C(CN1CCC(NCCNCC)CC1)NC1Cc2cccc(C(=O)O)c2OB1O. The van der Waals surface area contributed by atoms with Crippen molar-refractivity contribution in [3.8, 4) is 5.75 Å². The Morgan fingerprint density at radius 3 is 2.80 bits per heavy atom. The molecule has 2 heterocycles. The highest BCUT2D eigenvalue weighted by Crippen LogP contribution is 2.30. The first kappa shape index (κ1) is 22.6. The maximum Gasteiger partial charge on any atom is 0.546 e. The lowest BCUT2D eigenvalue weighted by Gasteiger charge is -2.34. The number of likely N-dealkylation sites (N-methyl/N-ethyl adjacent to an activating group) is 1. The summed E-state index contributed by atoms with van der Waals surface area (Å²) < 4.78 is 5.54. The highest BCUT2D eigenvalue weighted by Gasteiger charge is 2.37. The van der Waals surface area contributed by atoms with Crippen LogP contribution in [-0.4, -0.2) is 79.4 Å². The monoisotopic (exact) mass is 416 g/mol. The zero-order valence-electron chi connectivity index (χ0n) is 17.7. The fraction of sp³-hybridized carbons (Fsp3) is 0.571. The molecular weight excluding hydrogens is 383 g/mol. The lowest BCUT2D eigenvalue weighted by atomic mass is 9.72. The summed E-state index contributed by atoms with van der Waals surface area (Å²) in [7, 11) is -1.12. The predicted molar refractivity (Wildman–Crippen MR) is 118 cm³/mol. The maximum absolute atomic E-state index is 11.4. The van der Waals surface area contributed by atoms with Gasteiger partial charge in [-0.2, -0.15) is 0 Å². The second-order valence-electron chi connectivity index (χ2n) is 8.02. The summed E-state index contributed by atoms with van der Waals surface area (Å²) in [4.78, 5) is 13.7. The van der Waals surface area contributed by atoms with Crippen LogP contribution >= 0.6 is 0 Å². The van der Waals surface area contributed by atoms with Crippen molar-refractivity contribution >= 4 is 13.1 Å². The van der Waals surface area contributed by atoms with E-state index in [1.807, 2.05) is 6.07 Å². The van der Waals surface area contributed by atoms with E-state index in [2.05, 4.69) is 34.4 Å². The second-order valence-corrected chi connectivity index (χ2v) is 8.02. The van der Waals surface area contributed by atoms with E-state index < -0.39 is 13.1 Å². The summed E-state index contributed by atoms with van der Waals surface area (Å²) in [6, 6.07) is 5.58. The summed E-state index contributed by atoms with van der Waals surface area (Å²) in [6.45, 7) is 12.0. The number of benzene rings is 1. The van der Waals surface area contributed by atoms with Gasteiger partial charge in [0.25, 0.3) is 0 Å². The molecule has 2 aliphatic heterocycles. The Kier molecular flexibility index (Phi) is 8.15. The Bertz CT molecular complexity index is 740. The smallest absolute Gasteiger partial charge is 0.534 e. The summed E-state index contributed by atoms with van der Waals surface area (Å²) in [5.41, 5.74) is 1.68. The van der Waals surface area contributed by atoms with Crippen molar-refractivity contribution in [1.29, 1.82) is 0 Å². The third-order valence-electron chi connectivity index (χ3n) is 5.73. The molecule has 0 aliphatic carbocycles. The van der Waals surface area contributed by atoms with Gasteiger partial charge >= 0.3 is 13.1 Å². The summed E-state index contributed by atoms with van der Waals surface area (Å²) in [5, 5.41) is 29.9. The molecule has 0 aromatic heterocycles. The molecule has 1 saturated heterocycles. The number of hydrogen-bond acceptors (Lipinski definition) is 7. The molecule has 0 amide bonds. The van der Waals surface area contributed by atoms with Crippen molar-refractivity contribution in [3.05, 3.63) is 41.6 Å². The molecule has 9 heteroatoms. The van der Waals surface area contributed by atoms with Gasteiger partial charge in [-0.15, -0.1) is 0 Å². The standard InChI is InChI=1S/C21H33BN4O4/c1-3-23-9-10-24-17-7-11-26(12-8-17)14-15(2)25-19-13-16-5-4-6-18(21(27)28)20(16)30-22(19)29/h4-6,17,19,23-25,29H,2-3,7-14H2,1H3,(H,27,28). The molecule has 164 valence electrons. The van der Waals surface area contributed by atoms with Gasteiger partial charge in [0.05, 0.1) is 11.5 Å². The Labute approximate surface area is 178 Å². The molecule has 8 nitrogen and oxygen atoms in total. The van der Waals surface area contributed by atoms with Crippen LogP contribution < -0.4 is 20.6 Å². The number of hydrogen-bond donors (Lipinski definition) is 5. The van der Waals surface area contributed by atoms with E-state index in [1.165, 1.54) is 6.07 Å². The van der Waals surface area contributed by atoms with Crippen LogP contribution in [0.15, 0.2) is 30.5 Å². The number of aromatic carboxylic acids is 1. The van der Waals surface area contributed by atoms with Crippen LogP contribution in [0.4, 0.5) is 0 Å². The molecule has 0 spiro atoms. The Balaban J connectivity index is 1.45. The van der Waals surface area contributed by atoms with E-state index in [1.54, 1.807) is 6.07 Å². The number of carbonyl (C=O) groups is 1. The van der Waals surface area contributed by atoms with Crippen LogP contribution in [0.2, 0.25) is 0 Å². The predicted octanol–water partition coefficient (Wildman–Crippen LogP) is 0.475. The zero-order chi connectivity index (χ0) is 21.5. The molecule has 1 aromatic rings. The van der Waals surface area contributed by atoms with E-state index in [0.29, 0.717) is 12.5 Å². The molecule has 0 saturated carbocycles. The lowest BCUT2D eigenvalue weighted by Crippen LogP contribution is -2.52. The molecule has 3 rings (SSSR count). The first-order valence-corrected chi connectivity index (χ1v) is 10.8. The third-order valence-corrected chi connectivity index (χ3v) is 5.73. The van der Waals surface area contributed by atoms with Gasteiger partial charge in [-0.1, -0.05) is 25.6 Å². The van der Waals surface area contributed by atoms with Gasteiger partial charge in [-0.25, -0.2) is 4.79 Å². The van der Waals surface area contributed by atoms with Gasteiger partial charge in [0.15, 0.2) is 0 Å². The van der Waals surface area contributed by atoms with Crippen molar-refractivity contribution in [2.45, 2.75) is 38.2 Å². The average molecular weight is 416 g/mol. The molecule has 1 fully saturated rings. The number of fused-ring (bicyclic) bond motifs is 1. The molecule has 1 unspecified atom stereocenters. The van der Waals surface area contributed by atoms with Crippen LogP contribution in [0.1, 0.15) is 35.7 Å². The number of piperidine rings is 1. The van der Waals surface area contributed by atoms with Crippen LogP contribution in [-0.2, 0) is 6.42 Å². The minimum absolute atomic E-state index is 0.0748. The van der Waals surface area contributed by atoms with Crippen molar-refractivity contribution < 1.29 is 19.6 Å². The number of rotatable bonds is 10. The van der Waals surface area contributed by atoms with Crippen LogP contribution in [0, 0.1) is 0 Å². The van der Waals surface area contributed by atoms with Gasteiger partial charge in [-0.3, -0.25) is 4.90 Å². The van der Waals surface area contributed by atoms with E-state index in [4.69, 9.17) is 4.65 Å². The number of nitrogens with zero attached hydrogens (tertiary/aromatic N) is 1. The number of nitrogens with one attached hydrogen (secondary N) is 3. The molecular formula is C21H33BN4O4. The highest BCUT2D eigenvalue weighted by atomic mass is 16.5. The van der Waals surface area contributed by atoms with Crippen LogP contribution in [0.3, 0.4) is 0 Å². The fourth-order valence-corrected chi connectivity index (χ4v) is 4.13. The fourth-order valence-electron chi connectivity index (χ4n) is 4.13. The van der Waals surface area contributed by atoms with Gasteiger partial charge in [0, 0.05) is 44.5 Å². The largest absolute Gasteiger partial charge is 0.546 e. The molecule has 30 heavy (non-hydrogen) atoms. The summed E-state index contributed by atoms with van der Waals surface area (Å²) in [5.74, 6) is -1.17. The Hall–Kier alpha value is -2.07.